The third-order valence-corrected chi connectivity index (χ3v) is 8.03. The number of amides is 1. The smallest absolute Gasteiger partial charge is 0.340 e. The quantitative estimate of drug-likeness (QED) is 0.250. The predicted octanol–water partition coefficient (Wildman–Crippen LogP) is 5.16. The summed E-state index contributed by atoms with van der Waals surface area (Å²) in [6.07, 6.45) is 10.4. The summed E-state index contributed by atoms with van der Waals surface area (Å²) in [6.45, 7) is 8.14. The van der Waals surface area contributed by atoms with Crippen LogP contribution in [0.4, 0.5) is 0 Å². The van der Waals surface area contributed by atoms with Crippen molar-refractivity contribution < 1.29 is 24.2 Å². The largest absolute Gasteiger partial charge is 0.508 e. The highest BCUT2D eigenvalue weighted by atomic mass is 32.2. The van der Waals surface area contributed by atoms with Crippen LogP contribution < -0.4 is 0 Å². The third-order valence-electron chi connectivity index (χ3n) is 6.21. The van der Waals surface area contributed by atoms with E-state index in [1.807, 2.05) is 20.8 Å². The fraction of sp³-hybridized carbons (Fsp3) is 0.792. The van der Waals surface area contributed by atoms with E-state index in [4.69, 9.17) is 4.74 Å². The molecule has 2 atom stereocenters. The zero-order chi connectivity index (χ0) is 23.2. The number of carbonyl (C=O) groups is 3. The van der Waals surface area contributed by atoms with E-state index in [9.17, 15) is 19.5 Å². The van der Waals surface area contributed by atoms with Crippen LogP contribution in [-0.2, 0) is 19.1 Å². The Hall–Kier alpha value is -1.50. The molecule has 0 bridgehead atoms. The van der Waals surface area contributed by atoms with Crippen molar-refractivity contribution >= 4 is 29.4 Å². The summed E-state index contributed by atoms with van der Waals surface area (Å²) in [5.74, 6) is -1.85. The van der Waals surface area contributed by atoms with E-state index in [2.05, 4.69) is 6.92 Å². The van der Waals surface area contributed by atoms with Gasteiger partial charge >= 0.3 is 5.97 Å². The Labute approximate surface area is 191 Å². The number of nitrogens with zero attached hydrogens (tertiary/aromatic N) is 1. The number of hydrogen-bond donors (Lipinski definition) is 1. The van der Waals surface area contributed by atoms with Crippen LogP contribution in [0, 0.1) is 5.41 Å². The number of Topliss-reactive ketones (excluding diaryl/α,β-unsaturated/α-hetero) is 1. The fourth-order valence-electron chi connectivity index (χ4n) is 4.47. The summed E-state index contributed by atoms with van der Waals surface area (Å²) in [7, 11) is 1.24. The Bertz CT molecular complexity index is 711. The summed E-state index contributed by atoms with van der Waals surface area (Å²) >= 11 is 1.44. The molecule has 0 aromatic rings. The molecule has 0 spiro atoms. The molecule has 1 fully saturated rings. The molecule has 7 heteroatoms. The molecule has 0 aromatic heterocycles. The van der Waals surface area contributed by atoms with Crippen molar-refractivity contribution in [2.24, 2.45) is 5.41 Å². The summed E-state index contributed by atoms with van der Waals surface area (Å²) in [4.78, 5) is 40.2. The molecular formula is C24H39NO5S. The highest BCUT2D eigenvalue weighted by Gasteiger charge is 2.66. The molecule has 31 heavy (non-hydrogen) atoms. The summed E-state index contributed by atoms with van der Waals surface area (Å²) < 4.78 is 4.96. The van der Waals surface area contributed by atoms with Gasteiger partial charge in [-0.05, 0) is 11.8 Å². The van der Waals surface area contributed by atoms with Crippen molar-refractivity contribution in [1.82, 2.24) is 4.90 Å². The number of unbranched alkanes of at least 4 members (excludes halogenated alkanes) is 8. The average Bonchev–Trinajstić information content (AvgIpc) is 3.22. The topological polar surface area (TPSA) is 83.9 Å². The van der Waals surface area contributed by atoms with Gasteiger partial charge in [0.25, 0.3) is 5.91 Å². The molecule has 1 N–H and O–H groups in total. The Kier molecular flexibility index (Phi) is 9.04. The minimum atomic E-state index is -1.59. The number of thioether (sulfide) groups is 1. The monoisotopic (exact) mass is 453 g/mol. The van der Waals surface area contributed by atoms with Crippen molar-refractivity contribution in [3.05, 3.63) is 11.3 Å². The molecule has 2 heterocycles. The molecule has 0 saturated carbocycles. The van der Waals surface area contributed by atoms with E-state index in [1.165, 1.54) is 55.9 Å². The van der Waals surface area contributed by atoms with Gasteiger partial charge in [0.15, 0.2) is 5.78 Å². The maximum atomic E-state index is 13.2. The fourth-order valence-corrected chi connectivity index (χ4v) is 6.18. The van der Waals surface area contributed by atoms with Gasteiger partial charge in [0, 0.05) is 12.2 Å². The van der Waals surface area contributed by atoms with Gasteiger partial charge in [-0.1, -0.05) is 79.1 Å². The summed E-state index contributed by atoms with van der Waals surface area (Å²) in [6, 6.07) is 0. The standard InChI is InChI=1S/C24H39NO5S/c1-6-7-8-9-10-11-12-13-14-15-17(26)18-19(27)24(22(29)30-5)16-31-21(23(2,3)4)25(24)20(18)28/h21,27H,6-16H2,1-5H3/t21-,24-/m1/s1. The maximum Gasteiger partial charge on any atom is 0.340 e. The van der Waals surface area contributed by atoms with Gasteiger partial charge in [-0.25, -0.2) is 4.79 Å². The Morgan fingerprint density at radius 1 is 1.10 bits per heavy atom. The van der Waals surface area contributed by atoms with Gasteiger partial charge in [-0.15, -0.1) is 11.8 Å². The van der Waals surface area contributed by atoms with Crippen LogP contribution in [0.1, 0.15) is 91.9 Å². The van der Waals surface area contributed by atoms with Crippen molar-refractivity contribution in [2.45, 2.75) is 103 Å². The van der Waals surface area contributed by atoms with Crippen LogP contribution in [0.25, 0.3) is 0 Å². The summed E-state index contributed by atoms with van der Waals surface area (Å²) in [5.41, 5.74) is -2.14. The van der Waals surface area contributed by atoms with E-state index in [1.54, 1.807) is 0 Å². The van der Waals surface area contributed by atoms with Crippen LogP contribution in [0.15, 0.2) is 11.3 Å². The lowest BCUT2D eigenvalue weighted by Crippen LogP contribution is -2.56. The number of ketones is 1. The van der Waals surface area contributed by atoms with E-state index in [-0.39, 0.29) is 34.3 Å². The SMILES string of the molecule is CCCCCCCCCCCC(=O)C1=C(O)[C@@]2(C(=O)OC)CS[C@H](C(C)(C)C)N2C1=O. The minimum absolute atomic E-state index is 0.188. The number of aliphatic hydroxyl groups excluding tert-OH is 1. The number of esters is 1. The summed E-state index contributed by atoms with van der Waals surface area (Å²) in [5, 5.41) is 10.6. The van der Waals surface area contributed by atoms with Crippen LogP contribution in [0.3, 0.4) is 0 Å². The molecule has 1 saturated heterocycles. The van der Waals surface area contributed by atoms with Gasteiger partial charge in [0.05, 0.1) is 12.5 Å². The number of hydrogen-bond acceptors (Lipinski definition) is 6. The van der Waals surface area contributed by atoms with E-state index >= 15 is 0 Å². The molecule has 0 aromatic carbocycles. The minimum Gasteiger partial charge on any atom is -0.508 e. The molecule has 0 radical (unpaired) electrons. The Balaban J connectivity index is 2.02. The molecule has 0 aliphatic carbocycles. The van der Waals surface area contributed by atoms with Crippen molar-refractivity contribution in [2.75, 3.05) is 12.9 Å². The number of aliphatic hydroxyl groups is 1. The van der Waals surface area contributed by atoms with Crippen molar-refractivity contribution in [3.8, 4) is 0 Å². The highest BCUT2D eigenvalue weighted by Crippen LogP contribution is 2.52. The zero-order valence-electron chi connectivity index (χ0n) is 19.8. The zero-order valence-corrected chi connectivity index (χ0v) is 20.6. The second-order valence-electron chi connectivity index (χ2n) is 9.78. The third kappa shape index (κ3) is 5.29. The molecule has 2 aliphatic rings. The van der Waals surface area contributed by atoms with Crippen LogP contribution in [0.5, 0.6) is 0 Å². The van der Waals surface area contributed by atoms with Crippen molar-refractivity contribution in [1.29, 1.82) is 0 Å². The first-order valence-corrected chi connectivity index (χ1v) is 12.7. The first-order chi connectivity index (χ1) is 14.6. The number of ether oxygens (including phenoxy) is 1. The molecule has 1 amide bonds. The molecule has 176 valence electrons. The maximum absolute atomic E-state index is 13.2. The first kappa shape index (κ1) is 25.8. The van der Waals surface area contributed by atoms with Crippen LogP contribution >= 0.6 is 11.8 Å². The van der Waals surface area contributed by atoms with E-state index in [0.717, 1.165) is 19.3 Å². The Morgan fingerprint density at radius 3 is 2.16 bits per heavy atom. The van der Waals surface area contributed by atoms with Crippen LogP contribution in [-0.4, -0.2) is 51.4 Å². The normalized spacial score (nSPS) is 23.5. The van der Waals surface area contributed by atoms with Gasteiger partial charge in [0.1, 0.15) is 11.3 Å². The van der Waals surface area contributed by atoms with Crippen molar-refractivity contribution in [3.63, 3.8) is 0 Å². The van der Waals surface area contributed by atoms with E-state index < -0.39 is 23.2 Å². The Morgan fingerprint density at radius 2 is 1.65 bits per heavy atom. The molecule has 6 nitrogen and oxygen atoms in total. The van der Waals surface area contributed by atoms with Gasteiger partial charge < -0.3 is 14.7 Å². The molecule has 0 unspecified atom stereocenters. The number of fused-ring (bicyclic) bond motifs is 1. The lowest BCUT2D eigenvalue weighted by Gasteiger charge is -2.37. The van der Waals surface area contributed by atoms with Gasteiger partial charge in [-0.2, -0.15) is 0 Å². The number of rotatable bonds is 12. The molecule has 2 aliphatic heterocycles. The van der Waals surface area contributed by atoms with E-state index in [0.29, 0.717) is 6.42 Å². The molecule has 2 rings (SSSR count). The van der Waals surface area contributed by atoms with Gasteiger partial charge in [-0.3, -0.25) is 9.59 Å². The predicted molar refractivity (Wildman–Crippen MR) is 124 cm³/mol. The highest BCUT2D eigenvalue weighted by molar-refractivity contribution is 8.00. The number of methoxy groups -OCH3 is 1. The first-order valence-electron chi connectivity index (χ1n) is 11.6. The lowest BCUT2D eigenvalue weighted by molar-refractivity contribution is -0.157. The second kappa shape index (κ2) is 10.9. The second-order valence-corrected chi connectivity index (χ2v) is 10.9. The van der Waals surface area contributed by atoms with Gasteiger partial charge in [0.2, 0.25) is 5.54 Å². The lowest BCUT2D eigenvalue weighted by atomic mass is 9.92. The molecular weight excluding hydrogens is 414 g/mol. The van der Waals surface area contributed by atoms with Crippen LogP contribution in [0.2, 0.25) is 0 Å². The number of carbonyl (C=O) groups excluding carboxylic acids is 3. The average molecular weight is 454 g/mol.